The summed E-state index contributed by atoms with van der Waals surface area (Å²) in [5, 5.41) is 6.98. The van der Waals surface area contributed by atoms with Crippen molar-refractivity contribution in [3.05, 3.63) is 36.3 Å². The van der Waals surface area contributed by atoms with Gasteiger partial charge in [0, 0.05) is 31.5 Å². The molecular formula is C16H20N4O2. The Morgan fingerprint density at radius 3 is 3.00 bits per heavy atom. The van der Waals surface area contributed by atoms with Gasteiger partial charge >= 0.3 is 6.09 Å². The lowest BCUT2D eigenvalue weighted by atomic mass is 10.1. The maximum atomic E-state index is 11.9. The summed E-state index contributed by atoms with van der Waals surface area (Å²) in [6.07, 6.45) is 9.37. The number of nitrogens with zero attached hydrogens (tertiary/aromatic N) is 3. The van der Waals surface area contributed by atoms with E-state index in [2.05, 4.69) is 15.4 Å². The molecule has 1 aliphatic carbocycles. The minimum Gasteiger partial charge on any atom is -0.446 e. The molecule has 0 bridgehead atoms. The lowest BCUT2D eigenvalue weighted by Gasteiger charge is -2.13. The van der Waals surface area contributed by atoms with Gasteiger partial charge in [0.05, 0.1) is 11.9 Å². The zero-order valence-corrected chi connectivity index (χ0v) is 12.7. The van der Waals surface area contributed by atoms with Crippen LogP contribution in [-0.4, -0.2) is 27.0 Å². The van der Waals surface area contributed by atoms with Crippen LogP contribution in [0.2, 0.25) is 0 Å². The summed E-state index contributed by atoms with van der Waals surface area (Å²) in [5.74, 6) is 0. The fraction of sp³-hybridized carbons (Fsp3) is 0.438. The molecule has 0 spiro atoms. The van der Waals surface area contributed by atoms with Crippen molar-refractivity contribution in [3.63, 3.8) is 0 Å². The third-order valence-electron chi connectivity index (χ3n) is 3.87. The second kappa shape index (κ2) is 6.60. The third-order valence-corrected chi connectivity index (χ3v) is 3.87. The first kappa shape index (κ1) is 14.6. The normalized spacial score (nSPS) is 15.0. The predicted octanol–water partition coefficient (Wildman–Crippen LogP) is 2.65. The van der Waals surface area contributed by atoms with Gasteiger partial charge in [-0.3, -0.25) is 9.67 Å². The first-order valence-corrected chi connectivity index (χ1v) is 7.60. The van der Waals surface area contributed by atoms with E-state index >= 15 is 0 Å². The summed E-state index contributed by atoms with van der Waals surface area (Å²) < 4.78 is 7.13. The van der Waals surface area contributed by atoms with E-state index in [1.807, 2.05) is 25.4 Å². The second-order valence-electron chi connectivity index (χ2n) is 5.58. The van der Waals surface area contributed by atoms with Gasteiger partial charge in [-0.05, 0) is 37.3 Å². The first-order valence-electron chi connectivity index (χ1n) is 7.60. The molecule has 1 N–H and O–H groups in total. The summed E-state index contributed by atoms with van der Waals surface area (Å²) >= 11 is 0. The van der Waals surface area contributed by atoms with Crippen molar-refractivity contribution < 1.29 is 9.53 Å². The quantitative estimate of drug-likeness (QED) is 0.942. The van der Waals surface area contributed by atoms with Crippen LogP contribution in [0.3, 0.4) is 0 Å². The topological polar surface area (TPSA) is 69.0 Å². The van der Waals surface area contributed by atoms with E-state index in [-0.39, 0.29) is 12.2 Å². The average molecular weight is 300 g/mol. The van der Waals surface area contributed by atoms with Crippen LogP contribution in [0.15, 0.2) is 30.7 Å². The number of pyridine rings is 1. The Morgan fingerprint density at radius 1 is 1.45 bits per heavy atom. The van der Waals surface area contributed by atoms with Gasteiger partial charge in [0.1, 0.15) is 6.10 Å². The Hall–Kier alpha value is -2.37. The molecule has 0 atom stereocenters. The van der Waals surface area contributed by atoms with Crippen LogP contribution in [-0.2, 0) is 18.3 Å². The minimum atomic E-state index is -0.354. The second-order valence-corrected chi connectivity index (χ2v) is 5.58. The molecule has 2 aromatic heterocycles. The molecule has 116 valence electrons. The van der Waals surface area contributed by atoms with Gasteiger partial charge in [-0.1, -0.05) is 6.07 Å². The molecule has 6 nitrogen and oxygen atoms in total. The molecule has 1 aliphatic rings. The van der Waals surface area contributed by atoms with Gasteiger partial charge in [-0.25, -0.2) is 4.79 Å². The van der Waals surface area contributed by atoms with Gasteiger partial charge in [0.2, 0.25) is 0 Å². The Kier molecular flexibility index (Phi) is 4.37. The first-order chi connectivity index (χ1) is 10.7. The zero-order chi connectivity index (χ0) is 15.4. The number of rotatable bonds is 4. The molecule has 0 saturated heterocycles. The molecule has 0 aliphatic heterocycles. The highest BCUT2D eigenvalue weighted by Gasteiger charge is 2.19. The summed E-state index contributed by atoms with van der Waals surface area (Å²) in [5.41, 5.74) is 2.71. The molecule has 2 heterocycles. The van der Waals surface area contributed by atoms with Gasteiger partial charge in [-0.15, -0.1) is 0 Å². The highest BCUT2D eigenvalue weighted by molar-refractivity contribution is 5.68. The SMILES string of the molecule is Cn1cc(-c2ncccc2CNC(=O)OC2CCCC2)cn1. The molecule has 2 aromatic rings. The predicted molar refractivity (Wildman–Crippen MR) is 82.0 cm³/mol. The van der Waals surface area contributed by atoms with Crippen molar-refractivity contribution in [3.8, 4) is 11.3 Å². The summed E-state index contributed by atoms with van der Waals surface area (Å²) in [4.78, 5) is 16.3. The summed E-state index contributed by atoms with van der Waals surface area (Å²) in [7, 11) is 1.86. The molecular weight excluding hydrogens is 280 g/mol. The number of amides is 1. The van der Waals surface area contributed by atoms with Crippen molar-refractivity contribution in [1.29, 1.82) is 0 Å². The molecule has 1 saturated carbocycles. The molecule has 0 unspecified atom stereocenters. The Morgan fingerprint density at radius 2 is 2.27 bits per heavy atom. The van der Waals surface area contributed by atoms with Crippen LogP contribution in [0.5, 0.6) is 0 Å². The van der Waals surface area contributed by atoms with Gasteiger partial charge in [0.15, 0.2) is 0 Å². The number of carbonyl (C=O) groups is 1. The van der Waals surface area contributed by atoms with Crippen molar-refractivity contribution in [2.75, 3.05) is 0 Å². The summed E-state index contributed by atoms with van der Waals surface area (Å²) in [6.45, 7) is 0.392. The monoisotopic (exact) mass is 300 g/mol. The maximum Gasteiger partial charge on any atom is 0.407 e. The van der Waals surface area contributed by atoms with Crippen LogP contribution >= 0.6 is 0 Å². The minimum absolute atomic E-state index is 0.0756. The number of hydrogen-bond acceptors (Lipinski definition) is 4. The van der Waals surface area contributed by atoms with E-state index in [1.54, 1.807) is 17.1 Å². The van der Waals surface area contributed by atoms with Crippen molar-refractivity contribution in [1.82, 2.24) is 20.1 Å². The van der Waals surface area contributed by atoms with Crippen molar-refractivity contribution in [2.45, 2.75) is 38.3 Å². The van der Waals surface area contributed by atoms with Gasteiger partial charge in [-0.2, -0.15) is 5.10 Å². The number of hydrogen-bond donors (Lipinski definition) is 1. The van der Waals surface area contributed by atoms with Crippen LogP contribution in [0.4, 0.5) is 4.79 Å². The molecule has 1 amide bonds. The number of alkyl carbamates (subject to hydrolysis) is 1. The molecule has 0 radical (unpaired) electrons. The molecule has 3 rings (SSSR count). The fourth-order valence-corrected chi connectivity index (χ4v) is 2.75. The van der Waals surface area contributed by atoms with E-state index in [1.165, 1.54) is 0 Å². The van der Waals surface area contributed by atoms with E-state index in [0.29, 0.717) is 6.54 Å². The molecule has 6 heteroatoms. The standard InChI is InChI=1S/C16H20N4O2/c1-20-11-13(10-19-20)15-12(5-4-8-17-15)9-18-16(21)22-14-6-2-3-7-14/h4-5,8,10-11,14H,2-3,6-7,9H2,1H3,(H,18,21). The van der Waals surface area contributed by atoms with E-state index in [9.17, 15) is 4.79 Å². The molecule has 0 aromatic carbocycles. The Bertz CT molecular complexity index is 647. The number of carbonyl (C=O) groups excluding carboxylic acids is 1. The maximum absolute atomic E-state index is 11.9. The Balaban J connectivity index is 1.64. The van der Waals surface area contributed by atoms with Gasteiger partial charge < -0.3 is 10.1 Å². The van der Waals surface area contributed by atoms with Crippen molar-refractivity contribution >= 4 is 6.09 Å². The smallest absolute Gasteiger partial charge is 0.407 e. The van der Waals surface area contributed by atoms with Crippen LogP contribution in [0.25, 0.3) is 11.3 Å². The van der Waals surface area contributed by atoms with Crippen molar-refractivity contribution in [2.24, 2.45) is 7.05 Å². The Labute approximate surface area is 129 Å². The summed E-state index contributed by atoms with van der Waals surface area (Å²) in [6, 6.07) is 3.81. The third kappa shape index (κ3) is 3.44. The van der Waals surface area contributed by atoms with Crippen LogP contribution in [0, 0.1) is 0 Å². The number of nitrogens with one attached hydrogen (secondary N) is 1. The van der Waals surface area contributed by atoms with Crippen LogP contribution in [0.1, 0.15) is 31.2 Å². The van der Waals surface area contributed by atoms with E-state index < -0.39 is 0 Å². The number of aromatic nitrogens is 3. The molecule has 1 fully saturated rings. The number of aryl methyl sites for hydroxylation is 1. The lowest BCUT2D eigenvalue weighted by molar-refractivity contribution is 0.101. The highest BCUT2D eigenvalue weighted by Crippen LogP contribution is 2.22. The highest BCUT2D eigenvalue weighted by atomic mass is 16.6. The molecule has 22 heavy (non-hydrogen) atoms. The van der Waals surface area contributed by atoms with Crippen LogP contribution < -0.4 is 5.32 Å². The average Bonchev–Trinajstić information content (AvgIpc) is 3.17. The lowest BCUT2D eigenvalue weighted by Crippen LogP contribution is -2.27. The largest absolute Gasteiger partial charge is 0.446 e. The van der Waals surface area contributed by atoms with Gasteiger partial charge in [0.25, 0.3) is 0 Å². The number of ether oxygens (including phenoxy) is 1. The zero-order valence-electron chi connectivity index (χ0n) is 12.7. The fourth-order valence-electron chi connectivity index (χ4n) is 2.75. The van der Waals surface area contributed by atoms with E-state index in [0.717, 1.165) is 42.5 Å². The van der Waals surface area contributed by atoms with E-state index in [4.69, 9.17) is 4.74 Å².